The van der Waals surface area contributed by atoms with Crippen LogP contribution in [-0.4, -0.2) is 18.5 Å². The zero-order valence-electron chi connectivity index (χ0n) is 10.6. The molecule has 0 saturated carbocycles. The molecule has 0 aromatic heterocycles. The Morgan fingerprint density at radius 3 is 1.27 bits per heavy atom. The van der Waals surface area contributed by atoms with E-state index in [0.29, 0.717) is 0 Å². The van der Waals surface area contributed by atoms with E-state index < -0.39 is 5.62 Å². The van der Waals surface area contributed by atoms with E-state index in [1.165, 1.54) is 0 Å². The topological polar surface area (TPSA) is 0 Å². The first-order chi connectivity index (χ1) is 6.96. The fraction of sp³-hybridized carbons (Fsp3) is 1.00. The third-order valence-corrected chi connectivity index (χ3v) is 10.0. The number of hydrogen-bond acceptors (Lipinski definition) is 0. The SMILES string of the molecule is CCCCP(F)(Br)(CCCC)CCCC. The van der Waals surface area contributed by atoms with Gasteiger partial charge in [0.1, 0.15) is 0 Å². The summed E-state index contributed by atoms with van der Waals surface area (Å²) in [5, 5.41) is 0. The summed E-state index contributed by atoms with van der Waals surface area (Å²) in [6.07, 6.45) is 8.79. The third kappa shape index (κ3) is 6.89. The number of rotatable bonds is 9. The summed E-state index contributed by atoms with van der Waals surface area (Å²) < 4.78 is 15.1. The van der Waals surface area contributed by atoms with Gasteiger partial charge in [-0.25, -0.2) is 0 Å². The molecule has 0 aliphatic rings. The summed E-state index contributed by atoms with van der Waals surface area (Å²) in [5.74, 6) is 0. The molecule has 15 heavy (non-hydrogen) atoms. The van der Waals surface area contributed by atoms with Crippen LogP contribution in [0.5, 0.6) is 0 Å². The molecule has 0 radical (unpaired) electrons. The second kappa shape index (κ2) is 7.22. The molecule has 94 valence electrons. The van der Waals surface area contributed by atoms with Crippen molar-refractivity contribution in [1.29, 1.82) is 0 Å². The van der Waals surface area contributed by atoms with E-state index in [0.717, 1.165) is 57.0 Å². The minimum atomic E-state index is -2.97. The van der Waals surface area contributed by atoms with Gasteiger partial charge in [0.05, 0.1) is 0 Å². The van der Waals surface area contributed by atoms with Gasteiger partial charge in [-0.2, -0.15) is 0 Å². The standard InChI is InChI=1S/C12H27BrFP/c1-4-7-10-15(13,14,11-8-5-2)12-9-6-3/h4-12H2,1-3H3. The van der Waals surface area contributed by atoms with Gasteiger partial charge in [0.15, 0.2) is 0 Å². The first-order valence-corrected chi connectivity index (χ1v) is 11.1. The maximum atomic E-state index is 15.1. The summed E-state index contributed by atoms with van der Waals surface area (Å²) in [6.45, 7) is 6.43. The molecule has 0 aliphatic heterocycles. The van der Waals surface area contributed by atoms with E-state index in [2.05, 4.69) is 36.3 Å². The number of hydrogen-bond donors (Lipinski definition) is 0. The zero-order valence-corrected chi connectivity index (χ0v) is 13.0. The summed E-state index contributed by atoms with van der Waals surface area (Å²) in [7, 11) is 0. The Morgan fingerprint density at radius 1 is 0.800 bits per heavy atom. The second-order valence-corrected chi connectivity index (χ2v) is 14.2. The van der Waals surface area contributed by atoms with E-state index >= 15 is 4.20 Å². The fourth-order valence-corrected chi connectivity index (χ4v) is 7.77. The molecule has 0 aromatic rings. The molecule has 0 unspecified atom stereocenters. The molecular weight excluding hydrogens is 274 g/mol. The predicted molar refractivity (Wildman–Crippen MR) is 76.3 cm³/mol. The third-order valence-electron chi connectivity index (χ3n) is 2.99. The van der Waals surface area contributed by atoms with Crippen LogP contribution in [-0.2, 0) is 0 Å². The van der Waals surface area contributed by atoms with Gasteiger partial charge in [-0.05, 0) is 0 Å². The summed E-state index contributed by atoms with van der Waals surface area (Å²) >= 11 is 3.56. The van der Waals surface area contributed by atoms with Crippen molar-refractivity contribution in [3.63, 3.8) is 0 Å². The second-order valence-electron chi connectivity index (χ2n) is 4.68. The molecular formula is C12H27BrFP. The molecule has 0 aliphatic carbocycles. The van der Waals surface area contributed by atoms with Crippen molar-refractivity contribution in [3.8, 4) is 0 Å². The van der Waals surface area contributed by atoms with Crippen LogP contribution in [0, 0.1) is 0 Å². The van der Waals surface area contributed by atoms with Gasteiger partial charge >= 0.3 is 103 Å². The van der Waals surface area contributed by atoms with Gasteiger partial charge in [-0.1, -0.05) is 0 Å². The Hall–Kier alpha value is 0.840. The van der Waals surface area contributed by atoms with Crippen LogP contribution >= 0.6 is 21.1 Å². The molecule has 0 spiro atoms. The van der Waals surface area contributed by atoms with E-state index in [-0.39, 0.29) is 0 Å². The Balaban J connectivity index is 4.33. The molecule has 0 amide bonds. The molecule has 3 heteroatoms. The van der Waals surface area contributed by atoms with Gasteiger partial charge in [0, 0.05) is 0 Å². The molecule has 0 N–H and O–H groups in total. The molecule has 0 rings (SSSR count). The average Bonchev–Trinajstić information content (AvgIpc) is 2.22. The molecule has 0 aromatic carbocycles. The van der Waals surface area contributed by atoms with Crippen molar-refractivity contribution in [3.05, 3.63) is 0 Å². The Morgan fingerprint density at radius 2 is 1.07 bits per heavy atom. The van der Waals surface area contributed by atoms with Crippen molar-refractivity contribution >= 4 is 21.1 Å². The van der Waals surface area contributed by atoms with Gasteiger partial charge in [0.2, 0.25) is 0 Å². The van der Waals surface area contributed by atoms with Crippen LogP contribution in [0.1, 0.15) is 59.3 Å². The van der Waals surface area contributed by atoms with Crippen LogP contribution in [0.2, 0.25) is 0 Å². The van der Waals surface area contributed by atoms with Crippen LogP contribution in [0.15, 0.2) is 0 Å². The van der Waals surface area contributed by atoms with Gasteiger partial charge in [-0.15, -0.1) is 0 Å². The maximum absolute atomic E-state index is 15.1. The molecule has 0 atom stereocenters. The molecule has 0 saturated heterocycles. The van der Waals surface area contributed by atoms with Gasteiger partial charge < -0.3 is 0 Å². The van der Waals surface area contributed by atoms with Crippen LogP contribution in [0.25, 0.3) is 0 Å². The molecule has 0 fully saturated rings. The quantitative estimate of drug-likeness (QED) is 0.449. The molecule has 0 heterocycles. The van der Waals surface area contributed by atoms with Crippen molar-refractivity contribution in [2.24, 2.45) is 0 Å². The van der Waals surface area contributed by atoms with Crippen LogP contribution in [0.4, 0.5) is 4.20 Å². The normalized spacial score (nSPS) is 14.9. The van der Waals surface area contributed by atoms with Crippen molar-refractivity contribution in [2.75, 3.05) is 18.5 Å². The fourth-order valence-electron chi connectivity index (χ4n) is 1.84. The van der Waals surface area contributed by atoms with Crippen molar-refractivity contribution in [2.45, 2.75) is 59.3 Å². The summed E-state index contributed by atoms with van der Waals surface area (Å²) in [4.78, 5) is 0. The molecule has 0 nitrogen and oxygen atoms in total. The predicted octanol–water partition coefficient (Wildman–Crippen LogP) is 6.13. The summed E-state index contributed by atoms with van der Waals surface area (Å²) in [5.41, 5.74) is -2.97. The average molecular weight is 301 g/mol. The Bertz CT molecular complexity index is 142. The van der Waals surface area contributed by atoms with E-state index in [9.17, 15) is 0 Å². The van der Waals surface area contributed by atoms with Crippen molar-refractivity contribution in [1.82, 2.24) is 0 Å². The van der Waals surface area contributed by atoms with E-state index in [1.807, 2.05) is 0 Å². The summed E-state index contributed by atoms with van der Waals surface area (Å²) in [6, 6.07) is 0. The van der Waals surface area contributed by atoms with Gasteiger partial charge in [0.25, 0.3) is 0 Å². The minimum absolute atomic E-state index is 0.794. The monoisotopic (exact) mass is 300 g/mol. The first-order valence-electron chi connectivity index (χ1n) is 6.41. The van der Waals surface area contributed by atoms with Crippen LogP contribution in [0.3, 0.4) is 0 Å². The van der Waals surface area contributed by atoms with Gasteiger partial charge in [-0.3, -0.25) is 0 Å². The Labute approximate surface area is 103 Å². The number of unbranched alkanes of at least 4 members (excludes halogenated alkanes) is 3. The zero-order chi connectivity index (χ0) is 11.8. The molecule has 0 bridgehead atoms. The Kier molecular flexibility index (Phi) is 7.63. The van der Waals surface area contributed by atoms with Crippen molar-refractivity contribution < 1.29 is 4.20 Å². The number of halogens is 2. The van der Waals surface area contributed by atoms with Crippen LogP contribution < -0.4 is 0 Å². The van der Waals surface area contributed by atoms with E-state index in [4.69, 9.17) is 0 Å². The first kappa shape index (κ1) is 15.8. The van der Waals surface area contributed by atoms with E-state index in [1.54, 1.807) is 0 Å².